The Bertz CT molecular complexity index is 925. The van der Waals surface area contributed by atoms with Gasteiger partial charge in [0.05, 0.1) is 11.9 Å². The molecule has 0 saturated carbocycles. The van der Waals surface area contributed by atoms with E-state index in [9.17, 15) is 4.79 Å². The molecular weight excluding hydrogens is 364 g/mol. The number of amides is 1. The van der Waals surface area contributed by atoms with E-state index in [0.29, 0.717) is 37.8 Å². The molecule has 1 amide bonds. The number of rotatable bonds is 5. The second-order valence-corrected chi connectivity index (χ2v) is 7.07. The smallest absolute Gasteiger partial charge is 0.272 e. The molecule has 0 spiro atoms. The van der Waals surface area contributed by atoms with Crippen molar-refractivity contribution in [3.63, 3.8) is 0 Å². The highest BCUT2D eigenvalue weighted by Crippen LogP contribution is 2.16. The molecule has 0 aliphatic carbocycles. The number of carbonyl (C=O) groups is 1. The molecule has 0 radical (unpaired) electrons. The summed E-state index contributed by atoms with van der Waals surface area (Å²) >= 11 is 0. The highest BCUT2D eigenvalue weighted by molar-refractivity contribution is 5.92. The minimum atomic E-state index is -0.0316. The second kappa shape index (κ2) is 8.68. The molecule has 148 valence electrons. The lowest BCUT2D eigenvalue weighted by atomic mass is 10.2. The van der Waals surface area contributed by atoms with Gasteiger partial charge in [-0.15, -0.1) is 0 Å². The van der Waals surface area contributed by atoms with Crippen LogP contribution in [0.25, 0.3) is 0 Å². The number of aromatic nitrogens is 3. The topological polar surface area (TPSA) is 65.5 Å². The van der Waals surface area contributed by atoms with Gasteiger partial charge in [0, 0.05) is 52.2 Å². The molecular formula is C22H24N6O. The zero-order valence-corrected chi connectivity index (χ0v) is 16.5. The second-order valence-electron chi connectivity index (χ2n) is 7.07. The normalized spacial score (nSPS) is 14.0. The maximum Gasteiger partial charge on any atom is 0.272 e. The Morgan fingerprint density at radius 3 is 2.31 bits per heavy atom. The summed E-state index contributed by atoms with van der Waals surface area (Å²) in [7, 11) is 2.02. The standard InChI is InChI=1S/C22H24N6O/c1-26(17-18-6-3-2-4-7-18)19-8-9-20(25-16-19)21(29)27-12-14-28(15-13-27)22-23-10-5-11-24-22/h2-11,16H,12-15,17H2,1H3. The first kappa shape index (κ1) is 18.9. The van der Waals surface area contributed by atoms with Gasteiger partial charge in [0.2, 0.25) is 5.95 Å². The molecule has 7 nitrogen and oxygen atoms in total. The summed E-state index contributed by atoms with van der Waals surface area (Å²) in [5.41, 5.74) is 2.69. The van der Waals surface area contributed by atoms with Crippen molar-refractivity contribution < 1.29 is 4.79 Å². The molecule has 1 aliphatic rings. The van der Waals surface area contributed by atoms with E-state index in [2.05, 4.69) is 36.9 Å². The van der Waals surface area contributed by atoms with Crippen LogP contribution in [0.3, 0.4) is 0 Å². The first-order valence-corrected chi connectivity index (χ1v) is 9.73. The van der Waals surface area contributed by atoms with Crippen molar-refractivity contribution in [2.75, 3.05) is 43.0 Å². The Labute approximate surface area is 170 Å². The monoisotopic (exact) mass is 388 g/mol. The SMILES string of the molecule is CN(Cc1ccccc1)c1ccc(C(=O)N2CCN(c3ncccn3)CC2)nc1. The molecule has 3 aromatic rings. The van der Waals surface area contributed by atoms with Gasteiger partial charge < -0.3 is 14.7 Å². The van der Waals surface area contributed by atoms with Crippen LogP contribution < -0.4 is 9.80 Å². The summed E-state index contributed by atoms with van der Waals surface area (Å²) < 4.78 is 0. The average molecular weight is 388 g/mol. The number of piperazine rings is 1. The number of nitrogens with zero attached hydrogens (tertiary/aromatic N) is 6. The van der Waals surface area contributed by atoms with Crippen LogP contribution in [-0.4, -0.2) is 59.0 Å². The third-order valence-electron chi connectivity index (χ3n) is 5.07. The number of benzene rings is 1. The Morgan fingerprint density at radius 1 is 0.931 bits per heavy atom. The van der Waals surface area contributed by atoms with Crippen LogP contribution in [0, 0.1) is 0 Å². The molecule has 0 unspecified atom stereocenters. The quantitative estimate of drug-likeness (QED) is 0.669. The summed E-state index contributed by atoms with van der Waals surface area (Å²) in [6.07, 6.45) is 5.24. The van der Waals surface area contributed by atoms with Crippen molar-refractivity contribution in [3.05, 3.63) is 78.4 Å². The fourth-order valence-electron chi connectivity index (χ4n) is 3.41. The lowest BCUT2D eigenvalue weighted by molar-refractivity contribution is 0.0740. The Morgan fingerprint density at radius 2 is 1.66 bits per heavy atom. The Kier molecular flexibility index (Phi) is 5.65. The van der Waals surface area contributed by atoms with Crippen LogP contribution in [0.4, 0.5) is 11.6 Å². The summed E-state index contributed by atoms with van der Waals surface area (Å²) in [6, 6.07) is 15.8. The molecule has 0 N–H and O–H groups in total. The minimum Gasteiger partial charge on any atom is -0.369 e. The summed E-state index contributed by atoms with van der Waals surface area (Å²) in [6.45, 7) is 3.49. The van der Waals surface area contributed by atoms with E-state index < -0.39 is 0 Å². The molecule has 1 fully saturated rings. The summed E-state index contributed by atoms with van der Waals surface area (Å²) in [5, 5.41) is 0. The van der Waals surface area contributed by atoms with Gasteiger partial charge in [-0.3, -0.25) is 4.79 Å². The van der Waals surface area contributed by atoms with Crippen molar-refractivity contribution in [1.29, 1.82) is 0 Å². The third-order valence-corrected chi connectivity index (χ3v) is 5.07. The maximum atomic E-state index is 12.8. The van der Waals surface area contributed by atoms with Crippen molar-refractivity contribution in [3.8, 4) is 0 Å². The molecule has 1 aromatic carbocycles. The molecule has 3 heterocycles. The zero-order chi connectivity index (χ0) is 20.1. The fraction of sp³-hybridized carbons (Fsp3) is 0.273. The fourth-order valence-corrected chi connectivity index (χ4v) is 3.41. The molecule has 7 heteroatoms. The highest BCUT2D eigenvalue weighted by Gasteiger charge is 2.24. The molecule has 1 aliphatic heterocycles. The summed E-state index contributed by atoms with van der Waals surface area (Å²) in [4.78, 5) is 31.9. The molecule has 1 saturated heterocycles. The van der Waals surface area contributed by atoms with Gasteiger partial charge in [-0.05, 0) is 23.8 Å². The summed E-state index contributed by atoms with van der Waals surface area (Å²) in [5.74, 6) is 0.680. The van der Waals surface area contributed by atoms with Gasteiger partial charge in [0.1, 0.15) is 5.69 Å². The molecule has 0 bridgehead atoms. The van der Waals surface area contributed by atoms with E-state index in [1.165, 1.54) is 5.56 Å². The number of hydrogen-bond donors (Lipinski definition) is 0. The van der Waals surface area contributed by atoms with Crippen LogP contribution >= 0.6 is 0 Å². The van der Waals surface area contributed by atoms with Crippen molar-refractivity contribution in [2.24, 2.45) is 0 Å². The Balaban J connectivity index is 1.35. The van der Waals surface area contributed by atoms with E-state index in [4.69, 9.17) is 0 Å². The van der Waals surface area contributed by atoms with Crippen LogP contribution in [0.5, 0.6) is 0 Å². The lowest BCUT2D eigenvalue weighted by Crippen LogP contribution is -2.49. The van der Waals surface area contributed by atoms with Crippen LogP contribution in [0.1, 0.15) is 16.1 Å². The van der Waals surface area contributed by atoms with Crippen LogP contribution in [0.15, 0.2) is 67.1 Å². The van der Waals surface area contributed by atoms with Crippen molar-refractivity contribution in [1.82, 2.24) is 19.9 Å². The van der Waals surface area contributed by atoms with Gasteiger partial charge in [-0.2, -0.15) is 0 Å². The molecule has 4 rings (SSSR count). The predicted octanol–water partition coefficient (Wildman–Crippen LogP) is 2.47. The minimum absolute atomic E-state index is 0.0316. The molecule has 2 aromatic heterocycles. The van der Waals surface area contributed by atoms with Gasteiger partial charge in [-0.1, -0.05) is 30.3 Å². The molecule has 0 atom stereocenters. The van der Waals surface area contributed by atoms with Gasteiger partial charge in [0.15, 0.2) is 0 Å². The predicted molar refractivity (Wildman–Crippen MR) is 113 cm³/mol. The third kappa shape index (κ3) is 4.51. The molecule has 29 heavy (non-hydrogen) atoms. The van der Waals surface area contributed by atoms with Gasteiger partial charge >= 0.3 is 0 Å². The van der Waals surface area contributed by atoms with Crippen molar-refractivity contribution >= 4 is 17.5 Å². The number of hydrogen-bond acceptors (Lipinski definition) is 6. The lowest BCUT2D eigenvalue weighted by Gasteiger charge is -2.34. The van der Waals surface area contributed by atoms with Crippen LogP contribution in [0.2, 0.25) is 0 Å². The first-order chi connectivity index (χ1) is 14.2. The Hall–Kier alpha value is -3.48. The zero-order valence-electron chi connectivity index (χ0n) is 16.5. The van der Waals surface area contributed by atoms with Gasteiger partial charge in [0.25, 0.3) is 5.91 Å². The van der Waals surface area contributed by atoms with E-state index in [-0.39, 0.29) is 5.91 Å². The van der Waals surface area contributed by atoms with Crippen molar-refractivity contribution in [2.45, 2.75) is 6.54 Å². The number of carbonyl (C=O) groups excluding carboxylic acids is 1. The number of anilines is 2. The largest absolute Gasteiger partial charge is 0.369 e. The van der Waals surface area contributed by atoms with E-state index in [1.807, 2.05) is 42.3 Å². The van der Waals surface area contributed by atoms with Crippen LogP contribution in [-0.2, 0) is 6.54 Å². The number of pyridine rings is 1. The van der Waals surface area contributed by atoms with E-state index >= 15 is 0 Å². The average Bonchev–Trinajstić information content (AvgIpc) is 2.80. The van der Waals surface area contributed by atoms with E-state index in [1.54, 1.807) is 24.7 Å². The first-order valence-electron chi connectivity index (χ1n) is 9.73. The highest BCUT2D eigenvalue weighted by atomic mass is 16.2. The van der Waals surface area contributed by atoms with E-state index in [0.717, 1.165) is 12.2 Å². The maximum absolute atomic E-state index is 12.8. The van der Waals surface area contributed by atoms with Gasteiger partial charge in [-0.25, -0.2) is 15.0 Å².